The van der Waals surface area contributed by atoms with Crippen LogP contribution in [-0.4, -0.2) is 68.0 Å². The Balaban J connectivity index is 1.82. The number of nitrogens with one attached hydrogen (secondary N) is 2. The molecule has 2 aliphatic rings. The molecule has 6 nitrogen and oxygen atoms in total. The third-order valence-electron chi connectivity index (χ3n) is 5.62. The Labute approximate surface area is 160 Å². The average molecular weight is 387 g/mol. The van der Waals surface area contributed by atoms with E-state index in [4.69, 9.17) is 0 Å². The van der Waals surface area contributed by atoms with Crippen LogP contribution in [0.1, 0.15) is 66.2 Å². The highest BCUT2D eigenvalue weighted by Crippen LogP contribution is 2.26. The molecular formula is C19H38N4O2S. The summed E-state index contributed by atoms with van der Waals surface area (Å²) < 4.78 is 23.7. The zero-order valence-corrected chi connectivity index (χ0v) is 17.9. The highest BCUT2D eigenvalue weighted by Gasteiger charge is 2.29. The van der Waals surface area contributed by atoms with Crippen molar-refractivity contribution in [1.82, 2.24) is 15.5 Å². The number of sulfone groups is 1. The maximum absolute atomic E-state index is 12.2. The van der Waals surface area contributed by atoms with Crippen LogP contribution < -0.4 is 10.6 Å². The van der Waals surface area contributed by atoms with E-state index in [2.05, 4.69) is 20.5 Å². The minimum atomic E-state index is -3.13. The zero-order valence-electron chi connectivity index (χ0n) is 17.1. The predicted molar refractivity (Wildman–Crippen MR) is 110 cm³/mol. The lowest BCUT2D eigenvalue weighted by Crippen LogP contribution is -2.50. The molecule has 1 saturated carbocycles. The van der Waals surface area contributed by atoms with E-state index in [0.717, 1.165) is 44.5 Å². The van der Waals surface area contributed by atoms with Gasteiger partial charge in [-0.2, -0.15) is 0 Å². The SMILES string of the molecule is CCNC(=NCCS(=O)(=O)C(C)(C)C)NC1CCN(C2CCCC2)CC1. The van der Waals surface area contributed by atoms with Gasteiger partial charge in [-0.3, -0.25) is 4.99 Å². The van der Waals surface area contributed by atoms with Crippen molar-refractivity contribution >= 4 is 15.8 Å². The van der Waals surface area contributed by atoms with E-state index in [9.17, 15) is 8.42 Å². The summed E-state index contributed by atoms with van der Waals surface area (Å²) >= 11 is 0. The number of hydrogen-bond donors (Lipinski definition) is 2. The second-order valence-electron chi connectivity index (χ2n) is 8.58. The molecule has 0 unspecified atom stereocenters. The van der Waals surface area contributed by atoms with Crippen molar-refractivity contribution < 1.29 is 8.42 Å². The molecule has 0 amide bonds. The lowest BCUT2D eigenvalue weighted by Gasteiger charge is -2.36. The first kappa shape index (κ1) is 21.5. The number of aliphatic imine (C=N–C) groups is 1. The van der Waals surface area contributed by atoms with E-state index in [-0.39, 0.29) is 5.75 Å². The molecule has 0 radical (unpaired) electrons. The molecule has 1 aliphatic carbocycles. The molecule has 2 rings (SSSR count). The quantitative estimate of drug-likeness (QED) is 0.541. The summed E-state index contributed by atoms with van der Waals surface area (Å²) in [6, 6.07) is 1.23. The van der Waals surface area contributed by atoms with Gasteiger partial charge in [0.15, 0.2) is 15.8 Å². The molecule has 7 heteroatoms. The topological polar surface area (TPSA) is 73.8 Å². The minimum Gasteiger partial charge on any atom is -0.357 e. The van der Waals surface area contributed by atoms with Crippen molar-refractivity contribution in [2.24, 2.45) is 4.99 Å². The van der Waals surface area contributed by atoms with Crippen LogP contribution in [0.4, 0.5) is 0 Å². The summed E-state index contributed by atoms with van der Waals surface area (Å²) in [5, 5.41) is 6.76. The van der Waals surface area contributed by atoms with Crippen LogP contribution in [0.3, 0.4) is 0 Å². The van der Waals surface area contributed by atoms with Gasteiger partial charge in [0.1, 0.15) is 0 Å². The third-order valence-corrected chi connectivity index (χ3v) is 8.20. The van der Waals surface area contributed by atoms with E-state index in [1.807, 2.05) is 6.92 Å². The van der Waals surface area contributed by atoms with Crippen molar-refractivity contribution in [1.29, 1.82) is 0 Å². The van der Waals surface area contributed by atoms with E-state index in [0.29, 0.717) is 12.6 Å². The van der Waals surface area contributed by atoms with Crippen LogP contribution in [0.25, 0.3) is 0 Å². The van der Waals surface area contributed by atoms with Gasteiger partial charge < -0.3 is 15.5 Å². The maximum Gasteiger partial charge on any atom is 0.191 e. The van der Waals surface area contributed by atoms with Gasteiger partial charge in [-0.1, -0.05) is 12.8 Å². The van der Waals surface area contributed by atoms with Crippen molar-refractivity contribution in [3.8, 4) is 0 Å². The van der Waals surface area contributed by atoms with Gasteiger partial charge >= 0.3 is 0 Å². The van der Waals surface area contributed by atoms with Gasteiger partial charge in [-0.05, 0) is 53.4 Å². The molecule has 26 heavy (non-hydrogen) atoms. The molecule has 2 fully saturated rings. The van der Waals surface area contributed by atoms with E-state index >= 15 is 0 Å². The summed E-state index contributed by atoms with van der Waals surface area (Å²) in [5.74, 6) is 0.837. The van der Waals surface area contributed by atoms with Gasteiger partial charge in [-0.15, -0.1) is 0 Å². The molecule has 2 N–H and O–H groups in total. The van der Waals surface area contributed by atoms with Crippen LogP contribution in [0.5, 0.6) is 0 Å². The first-order valence-electron chi connectivity index (χ1n) is 10.2. The fourth-order valence-electron chi connectivity index (χ4n) is 3.78. The Bertz CT molecular complexity index is 555. The molecule has 0 aromatic rings. The van der Waals surface area contributed by atoms with Gasteiger partial charge in [0.2, 0.25) is 0 Å². The first-order valence-corrected chi connectivity index (χ1v) is 11.9. The van der Waals surface area contributed by atoms with Gasteiger partial charge in [-0.25, -0.2) is 8.42 Å². The number of rotatable bonds is 6. The van der Waals surface area contributed by atoms with E-state index in [1.165, 1.54) is 25.7 Å². The molecule has 0 aromatic heterocycles. The Hall–Kier alpha value is -0.820. The summed E-state index contributed by atoms with van der Waals surface area (Å²) in [6.07, 6.45) is 7.76. The normalized spacial score (nSPS) is 21.9. The standard InChI is InChI=1S/C19H38N4O2S/c1-5-20-18(21-12-15-26(24,25)19(2,3)4)22-16-10-13-23(14-11-16)17-8-6-7-9-17/h16-17H,5-15H2,1-4H3,(H2,20,21,22). The molecule has 1 heterocycles. The number of likely N-dealkylation sites (tertiary alicyclic amines) is 1. The van der Waals surface area contributed by atoms with Crippen molar-refractivity contribution in [2.75, 3.05) is 31.9 Å². The lowest BCUT2D eigenvalue weighted by atomic mass is 10.0. The van der Waals surface area contributed by atoms with Crippen LogP contribution in [0.15, 0.2) is 4.99 Å². The summed E-state index contributed by atoms with van der Waals surface area (Å²) in [5.41, 5.74) is 0. The monoisotopic (exact) mass is 386 g/mol. The molecule has 1 aliphatic heterocycles. The fourth-order valence-corrected chi connectivity index (χ4v) is 4.72. The number of nitrogens with zero attached hydrogens (tertiary/aromatic N) is 2. The summed E-state index contributed by atoms with van der Waals surface area (Å²) in [7, 11) is -3.13. The maximum atomic E-state index is 12.2. The average Bonchev–Trinajstić information content (AvgIpc) is 3.09. The summed E-state index contributed by atoms with van der Waals surface area (Å²) in [6.45, 7) is 10.6. The Kier molecular flexibility index (Phi) is 7.76. The van der Waals surface area contributed by atoms with Crippen LogP contribution in [0, 0.1) is 0 Å². The molecular weight excluding hydrogens is 348 g/mol. The number of piperidine rings is 1. The molecule has 0 aromatic carbocycles. The molecule has 1 saturated heterocycles. The molecule has 152 valence electrons. The van der Waals surface area contributed by atoms with Gasteiger partial charge in [0, 0.05) is 31.7 Å². The van der Waals surface area contributed by atoms with Gasteiger partial charge in [0.25, 0.3) is 0 Å². The minimum absolute atomic E-state index is 0.0905. The molecule has 0 bridgehead atoms. The second kappa shape index (κ2) is 9.40. The fraction of sp³-hybridized carbons (Fsp3) is 0.947. The Morgan fingerprint density at radius 2 is 1.73 bits per heavy atom. The van der Waals surface area contributed by atoms with Crippen molar-refractivity contribution in [3.05, 3.63) is 0 Å². The predicted octanol–water partition coefficient (Wildman–Crippen LogP) is 2.16. The number of hydrogen-bond acceptors (Lipinski definition) is 4. The lowest BCUT2D eigenvalue weighted by molar-refractivity contribution is 0.150. The Morgan fingerprint density at radius 3 is 2.27 bits per heavy atom. The van der Waals surface area contributed by atoms with Crippen molar-refractivity contribution in [2.45, 2.75) is 83.1 Å². The van der Waals surface area contributed by atoms with Crippen LogP contribution >= 0.6 is 0 Å². The number of guanidine groups is 1. The zero-order chi connectivity index (χ0) is 19.2. The second-order valence-corrected chi connectivity index (χ2v) is 11.4. The van der Waals surface area contributed by atoms with Crippen LogP contribution in [0.2, 0.25) is 0 Å². The highest BCUT2D eigenvalue weighted by molar-refractivity contribution is 7.92. The Morgan fingerprint density at radius 1 is 1.12 bits per heavy atom. The summed E-state index contributed by atoms with van der Waals surface area (Å²) in [4.78, 5) is 7.16. The molecule has 0 spiro atoms. The van der Waals surface area contributed by atoms with Gasteiger partial charge in [0.05, 0.1) is 17.0 Å². The largest absolute Gasteiger partial charge is 0.357 e. The van der Waals surface area contributed by atoms with E-state index in [1.54, 1.807) is 20.8 Å². The van der Waals surface area contributed by atoms with Crippen molar-refractivity contribution in [3.63, 3.8) is 0 Å². The highest BCUT2D eigenvalue weighted by atomic mass is 32.2. The van der Waals surface area contributed by atoms with E-state index < -0.39 is 14.6 Å². The third kappa shape index (κ3) is 6.12. The first-order chi connectivity index (χ1) is 12.2. The molecule has 0 atom stereocenters. The van der Waals surface area contributed by atoms with Crippen LogP contribution in [-0.2, 0) is 9.84 Å². The smallest absolute Gasteiger partial charge is 0.191 e.